The topological polar surface area (TPSA) is 38.3 Å². The molecule has 11 heavy (non-hydrogen) atoms. The summed E-state index contributed by atoms with van der Waals surface area (Å²) < 4.78 is 4.49. The monoisotopic (exact) mass is 156 g/mol. The van der Waals surface area contributed by atoms with Gasteiger partial charge in [0.2, 0.25) is 0 Å². The molecule has 1 aliphatic rings. The Morgan fingerprint density at radius 2 is 2.45 bits per heavy atom. The molecule has 0 aromatic carbocycles. The van der Waals surface area contributed by atoms with E-state index in [0.29, 0.717) is 12.6 Å². The van der Waals surface area contributed by atoms with E-state index in [0.717, 1.165) is 13.0 Å². The van der Waals surface area contributed by atoms with Crippen LogP contribution in [0.5, 0.6) is 0 Å². The molecule has 0 saturated carbocycles. The first-order chi connectivity index (χ1) is 5.43. The van der Waals surface area contributed by atoms with Gasteiger partial charge in [-0.25, -0.2) is 4.79 Å². The van der Waals surface area contributed by atoms with E-state index in [2.05, 4.69) is 10.1 Å². The SMILES string of the molecule is O=[C]OCCC1CCCCN1. The standard InChI is InChI=1S/C8H14NO2/c10-7-11-6-4-8-3-1-2-5-9-8/h8-9H,1-6H2. The molecule has 1 N–H and O–H groups in total. The molecule has 1 aliphatic heterocycles. The zero-order valence-electron chi connectivity index (χ0n) is 6.64. The molecule has 0 aromatic heterocycles. The first-order valence-electron chi connectivity index (χ1n) is 4.16. The Balaban J connectivity index is 2.00. The van der Waals surface area contributed by atoms with Gasteiger partial charge in [0, 0.05) is 6.04 Å². The number of carbonyl (C=O) groups excluding carboxylic acids is 1. The molecule has 1 saturated heterocycles. The van der Waals surface area contributed by atoms with E-state index in [1.165, 1.54) is 25.7 Å². The Labute approximate surface area is 67.1 Å². The van der Waals surface area contributed by atoms with Gasteiger partial charge in [-0.05, 0) is 25.8 Å². The average molecular weight is 156 g/mol. The maximum absolute atomic E-state index is 9.68. The highest BCUT2D eigenvalue weighted by Crippen LogP contribution is 2.09. The van der Waals surface area contributed by atoms with Crippen LogP contribution in [0.4, 0.5) is 0 Å². The quantitative estimate of drug-likeness (QED) is 0.606. The van der Waals surface area contributed by atoms with Gasteiger partial charge in [-0.15, -0.1) is 0 Å². The molecule has 3 nitrogen and oxygen atoms in total. The molecule has 1 fully saturated rings. The summed E-state index contributed by atoms with van der Waals surface area (Å²) in [4.78, 5) is 9.68. The fourth-order valence-corrected chi connectivity index (χ4v) is 1.41. The van der Waals surface area contributed by atoms with Crippen LogP contribution in [0.1, 0.15) is 25.7 Å². The van der Waals surface area contributed by atoms with E-state index in [4.69, 9.17) is 0 Å². The Kier molecular flexibility index (Phi) is 3.98. The molecule has 0 aromatic rings. The van der Waals surface area contributed by atoms with Crippen molar-refractivity contribution in [2.45, 2.75) is 31.7 Å². The van der Waals surface area contributed by atoms with Crippen molar-refractivity contribution >= 4 is 6.47 Å². The molecular formula is C8H14NO2. The second-order valence-corrected chi connectivity index (χ2v) is 2.87. The van der Waals surface area contributed by atoms with Crippen molar-refractivity contribution in [3.63, 3.8) is 0 Å². The lowest BCUT2D eigenvalue weighted by Gasteiger charge is -2.22. The van der Waals surface area contributed by atoms with Gasteiger partial charge in [0.1, 0.15) is 0 Å². The van der Waals surface area contributed by atoms with Gasteiger partial charge in [-0.2, -0.15) is 0 Å². The van der Waals surface area contributed by atoms with E-state index in [9.17, 15) is 4.79 Å². The van der Waals surface area contributed by atoms with Gasteiger partial charge in [0.25, 0.3) is 0 Å². The van der Waals surface area contributed by atoms with Crippen molar-refractivity contribution in [1.82, 2.24) is 5.32 Å². The Morgan fingerprint density at radius 1 is 1.55 bits per heavy atom. The first kappa shape index (κ1) is 8.53. The predicted octanol–water partition coefficient (Wildman–Crippen LogP) is 0.602. The van der Waals surface area contributed by atoms with Crippen LogP contribution in [0.15, 0.2) is 0 Å². The summed E-state index contributed by atoms with van der Waals surface area (Å²) in [5.41, 5.74) is 0. The molecule has 0 aliphatic carbocycles. The van der Waals surface area contributed by atoms with Crippen molar-refractivity contribution in [2.75, 3.05) is 13.2 Å². The zero-order valence-corrected chi connectivity index (χ0v) is 6.64. The maximum Gasteiger partial charge on any atom is 0.417 e. The van der Waals surface area contributed by atoms with Crippen LogP contribution in [0.2, 0.25) is 0 Å². The smallest absolute Gasteiger partial charge is 0.417 e. The summed E-state index contributed by atoms with van der Waals surface area (Å²) in [6.07, 6.45) is 4.71. The molecular weight excluding hydrogens is 142 g/mol. The number of rotatable bonds is 4. The minimum atomic E-state index is 0.501. The largest absolute Gasteiger partial charge is 0.457 e. The second-order valence-electron chi connectivity index (χ2n) is 2.87. The van der Waals surface area contributed by atoms with Gasteiger partial charge in [-0.1, -0.05) is 6.42 Å². The highest BCUT2D eigenvalue weighted by atomic mass is 16.5. The third kappa shape index (κ3) is 3.37. The van der Waals surface area contributed by atoms with E-state index in [1.54, 1.807) is 0 Å². The van der Waals surface area contributed by atoms with Gasteiger partial charge in [0.15, 0.2) is 0 Å². The molecule has 1 rings (SSSR count). The molecule has 0 spiro atoms. The lowest BCUT2D eigenvalue weighted by Crippen LogP contribution is -2.34. The van der Waals surface area contributed by atoms with Gasteiger partial charge >= 0.3 is 6.47 Å². The molecule has 1 radical (unpaired) electrons. The van der Waals surface area contributed by atoms with Crippen LogP contribution in [0, 0.1) is 0 Å². The Bertz CT molecular complexity index is 111. The van der Waals surface area contributed by atoms with Gasteiger partial charge in [-0.3, -0.25) is 0 Å². The Hall–Kier alpha value is -0.570. The van der Waals surface area contributed by atoms with Crippen LogP contribution in [0.25, 0.3) is 0 Å². The molecule has 3 heteroatoms. The van der Waals surface area contributed by atoms with Crippen LogP contribution < -0.4 is 5.32 Å². The zero-order chi connectivity index (χ0) is 7.94. The molecule has 1 atom stereocenters. The third-order valence-corrected chi connectivity index (χ3v) is 2.04. The van der Waals surface area contributed by atoms with Crippen molar-refractivity contribution in [1.29, 1.82) is 0 Å². The summed E-state index contributed by atoms with van der Waals surface area (Å²) in [5, 5.41) is 3.37. The number of piperidine rings is 1. The van der Waals surface area contributed by atoms with E-state index in [1.807, 2.05) is 0 Å². The van der Waals surface area contributed by atoms with Crippen molar-refractivity contribution in [2.24, 2.45) is 0 Å². The molecule has 1 heterocycles. The summed E-state index contributed by atoms with van der Waals surface area (Å²) in [7, 11) is 0. The molecule has 0 bridgehead atoms. The second kappa shape index (κ2) is 5.13. The average Bonchev–Trinajstić information content (AvgIpc) is 2.07. The van der Waals surface area contributed by atoms with E-state index in [-0.39, 0.29) is 0 Å². The van der Waals surface area contributed by atoms with E-state index < -0.39 is 0 Å². The summed E-state index contributed by atoms with van der Waals surface area (Å²) in [6, 6.07) is 0.553. The summed E-state index contributed by atoms with van der Waals surface area (Å²) in [5.74, 6) is 0. The maximum atomic E-state index is 9.68. The predicted molar refractivity (Wildman–Crippen MR) is 41.9 cm³/mol. The van der Waals surface area contributed by atoms with Crippen LogP contribution in [0.3, 0.4) is 0 Å². The van der Waals surface area contributed by atoms with Crippen LogP contribution in [-0.2, 0) is 9.53 Å². The fraction of sp³-hybridized carbons (Fsp3) is 0.875. The van der Waals surface area contributed by atoms with Crippen LogP contribution >= 0.6 is 0 Å². The minimum Gasteiger partial charge on any atom is -0.457 e. The van der Waals surface area contributed by atoms with Crippen LogP contribution in [-0.4, -0.2) is 25.7 Å². The van der Waals surface area contributed by atoms with Gasteiger partial charge < -0.3 is 10.1 Å². The lowest BCUT2D eigenvalue weighted by atomic mass is 10.0. The highest BCUT2D eigenvalue weighted by Gasteiger charge is 2.11. The molecule has 63 valence electrons. The number of ether oxygens (including phenoxy) is 1. The lowest BCUT2D eigenvalue weighted by molar-refractivity contribution is 0.243. The normalized spacial score (nSPS) is 24.5. The summed E-state index contributed by atoms with van der Waals surface area (Å²) >= 11 is 0. The summed E-state index contributed by atoms with van der Waals surface area (Å²) in [6.45, 7) is 3.04. The first-order valence-corrected chi connectivity index (χ1v) is 4.16. The number of nitrogens with one attached hydrogen (secondary N) is 1. The van der Waals surface area contributed by atoms with Crippen molar-refractivity contribution in [3.8, 4) is 0 Å². The van der Waals surface area contributed by atoms with E-state index >= 15 is 0 Å². The molecule has 1 unspecified atom stereocenters. The van der Waals surface area contributed by atoms with Crippen molar-refractivity contribution in [3.05, 3.63) is 0 Å². The Morgan fingerprint density at radius 3 is 3.09 bits per heavy atom. The third-order valence-electron chi connectivity index (χ3n) is 2.04. The highest BCUT2D eigenvalue weighted by molar-refractivity contribution is 5.38. The fourth-order valence-electron chi connectivity index (χ4n) is 1.41. The number of hydrogen-bond donors (Lipinski definition) is 1. The molecule has 0 amide bonds. The number of hydrogen-bond acceptors (Lipinski definition) is 3. The van der Waals surface area contributed by atoms with Crippen molar-refractivity contribution < 1.29 is 9.53 Å². The minimum absolute atomic E-state index is 0.501. The van der Waals surface area contributed by atoms with Gasteiger partial charge in [0.05, 0.1) is 6.61 Å².